The molecule has 0 fully saturated rings. The second-order valence-electron chi connectivity index (χ2n) is 6.33. The summed E-state index contributed by atoms with van der Waals surface area (Å²) >= 11 is 0. The van der Waals surface area contributed by atoms with Crippen LogP contribution in [-0.2, 0) is 22.6 Å². The van der Waals surface area contributed by atoms with Crippen LogP contribution in [0.15, 0.2) is 66.7 Å². The Labute approximate surface area is 156 Å². The molecule has 0 bridgehead atoms. The number of carbonyl (C=O) groups excluding carboxylic acids is 1. The molecule has 0 unspecified atom stereocenters. The first-order valence-electron chi connectivity index (χ1n) is 8.55. The van der Waals surface area contributed by atoms with Crippen molar-refractivity contribution >= 4 is 18.6 Å². The third-order valence-corrected chi connectivity index (χ3v) is 4.54. The van der Waals surface area contributed by atoms with Gasteiger partial charge in [-0.15, -0.1) is 0 Å². The van der Waals surface area contributed by atoms with Crippen LogP contribution in [0.2, 0.25) is 0 Å². The highest BCUT2D eigenvalue weighted by Crippen LogP contribution is 2.20. The molecular formula is C21H16BFO4. The number of hydrogen-bond donors (Lipinski definition) is 1. The van der Waals surface area contributed by atoms with Crippen LogP contribution < -0.4 is 5.46 Å². The quantitative estimate of drug-likeness (QED) is 0.573. The molecule has 0 radical (unpaired) electrons. The summed E-state index contributed by atoms with van der Waals surface area (Å²) in [5.74, 6) is -1.46. The van der Waals surface area contributed by atoms with E-state index in [9.17, 15) is 14.2 Å². The molecule has 3 aromatic rings. The maximum absolute atomic E-state index is 14.2. The van der Waals surface area contributed by atoms with E-state index >= 15 is 0 Å². The van der Waals surface area contributed by atoms with E-state index in [-0.39, 0.29) is 18.8 Å². The summed E-state index contributed by atoms with van der Waals surface area (Å²) in [5.41, 5.74) is 3.68. The summed E-state index contributed by atoms with van der Waals surface area (Å²) in [6.45, 7) is 0.153. The molecule has 0 spiro atoms. The molecular weight excluding hydrogens is 346 g/mol. The fourth-order valence-electron chi connectivity index (χ4n) is 3.05. The third kappa shape index (κ3) is 3.63. The lowest BCUT2D eigenvalue weighted by Crippen LogP contribution is -2.29. The summed E-state index contributed by atoms with van der Waals surface area (Å²) in [7, 11) is -1.14. The van der Waals surface area contributed by atoms with Gasteiger partial charge in [-0.2, -0.15) is 0 Å². The first kappa shape index (κ1) is 17.5. The third-order valence-electron chi connectivity index (χ3n) is 4.54. The van der Waals surface area contributed by atoms with Gasteiger partial charge >= 0.3 is 13.1 Å². The molecule has 3 aromatic carbocycles. The number of esters is 1. The lowest BCUT2D eigenvalue weighted by Gasteiger charge is -2.09. The van der Waals surface area contributed by atoms with Crippen LogP contribution in [0.4, 0.5) is 4.39 Å². The van der Waals surface area contributed by atoms with Crippen molar-refractivity contribution in [3.05, 3.63) is 89.2 Å². The number of carbonyl (C=O) groups is 1. The van der Waals surface area contributed by atoms with Gasteiger partial charge in [0.2, 0.25) is 0 Å². The van der Waals surface area contributed by atoms with E-state index < -0.39 is 18.9 Å². The summed E-state index contributed by atoms with van der Waals surface area (Å²) < 4.78 is 24.4. The van der Waals surface area contributed by atoms with Crippen LogP contribution in [0.5, 0.6) is 0 Å². The van der Waals surface area contributed by atoms with Crippen molar-refractivity contribution in [1.82, 2.24) is 0 Å². The molecule has 1 N–H and O–H groups in total. The Bertz CT molecular complexity index is 973. The Morgan fingerprint density at radius 2 is 1.78 bits per heavy atom. The van der Waals surface area contributed by atoms with Gasteiger partial charge in [-0.25, -0.2) is 9.18 Å². The second-order valence-corrected chi connectivity index (χ2v) is 6.33. The second kappa shape index (κ2) is 7.35. The van der Waals surface area contributed by atoms with Crippen molar-refractivity contribution in [2.24, 2.45) is 0 Å². The van der Waals surface area contributed by atoms with Crippen molar-refractivity contribution in [2.45, 2.75) is 13.2 Å². The van der Waals surface area contributed by atoms with Crippen LogP contribution in [0.3, 0.4) is 0 Å². The minimum atomic E-state index is -1.14. The number of halogens is 1. The fraction of sp³-hybridized carbons (Fsp3) is 0.0952. The number of benzene rings is 3. The lowest BCUT2D eigenvalue weighted by atomic mass is 9.78. The van der Waals surface area contributed by atoms with Gasteiger partial charge < -0.3 is 14.4 Å². The van der Waals surface area contributed by atoms with Crippen LogP contribution in [0.25, 0.3) is 11.1 Å². The normalized spacial score (nSPS) is 12.7. The van der Waals surface area contributed by atoms with Crippen molar-refractivity contribution in [3.8, 4) is 11.1 Å². The lowest BCUT2D eigenvalue weighted by molar-refractivity contribution is 0.0467. The van der Waals surface area contributed by atoms with Gasteiger partial charge in [-0.05, 0) is 39.8 Å². The molecule has 6 heteroatoms. The highest BCUT2D eigenvalue weighted by atomic mass is 19.1. The van der Waals surface area contributed by atoms with Crippen molar-refractivity contribution < 1.29 is 23.6 Å². The molecule has 27 heavy (non-hydrogen) atoms. The minimum Gasteiger partial charge on any atom is -0.457 e. The fourth-order valence-corrected chi connectivity index (χ4v) is 3.05. The van der Waals surface area contributed by atoms with Crippen LogP contribution >= 0.6 is 0 Å². The monoisotopic (exact) mass is 362 g/mol. The molecule has 0 saturated carbocycles. The first-order valence-corrected chi connectivity index (χ1v) is 8.55. The predicted molar refractivity (Wildman–Crippen MR) is 99.8 cm³/mol. The van der Waals surface area contributed by atoms with Gasteiger partial charge in [0.05, 0.1) is 12.2 Å². The van der Waals surface area contributed by atoms with E-state index in [1.54, 1.807) is 0 Å². The predicted octanol–water partition coefficient (Wildman–Crippen LogP) is 3.07. The summed E-state index contributed by atoms with van der Waals surface area (Å²) in [6.07, 6.45) is 0. The molecule has 1 aliphatic heterocycles. The summed E-state index contributed by atoms with van der Waals surface area (Å²) in [5, 5.41) is 9.71. The van der Waals surface area contributed by atoms with Gasteiger partial charge in [0.1, 0.15) is 12.4 Å². The maximum atomic E-state index is 14.2. The largest absolute Gasteiger partial charge is 0.491 e. The SMILES string of the molecule is O=C(OCc1ccc(-c2ccccc2)cc1)c1cc2c(cc1F)COB2O. The molecule has 0 atom stereocenters. The van der Waals surface area contributed by atoms with Gasteiger partial charge in [-0.3, -0.25) is 0 Å². The van der Waals surface area contributed by atoms with Gasteiger partial charge in [0.15, 0.2) is 0 Å². The smallest absolute Gasteiger partial charge is 0.457 e. The molecule has 0 saturated heterocycles. The van der Waals surface area contributed by atoms with Crippen molar-refractivity contribution in [2.75, 3.05) is 0 Å². The van der Waals surface area contributed by atoms with Crippen molar-refractivity contribution in [1.29, 1.82) is 0 Å². The maximum Gasteiger partial charge on any atom is 0.491 e. The highest BCUT2D eigenvalue weighted by molar-refractivity contribution is 6.61. The molecule has 0 amide bonds. The first-order chi connectivity index (χ1) is 13.1. The standard InChI is InChI=1S/C21H16BFO4/c23-20-10-17-13-27-22(25)19(17)11-18(20)21(24)26-12-14-6-8-16(9-7-14)15-4-2-1-3-5-15/h1-11,25H,12-13H2. The Balaban J connectivity index is 1.45. The number of hydrogen-bond acceptors (Lipinski definition) is 4. The van der Waals surface area contributed by atoms with E-state index in [2.05, 4.69) is 0 Å². The zero-order valence-corrected chi connectivity index (χ0v) is 14.4. The molecule has 0 aromatic heterocycles. The zero-order chi connectivity index (χ0) is 18.8. The Hall–Kier alpha value is -2.96. The topological polar surface area (TPSA) is 55.8 Å². The molecule has 0 aliphatic carbocycles. The van der Waals surface area contributed by atoms with E-state index in [1.165, 1.54) is 12.1 Å². The molecule has 1 heterocycles. The van der Waals surface area contributed by atoms with Crippen LogP contribution in [0.1, 0.15) is 21.5 Å². The Kier molecular flexibility index (Phi) is 4.75. The van der Waals surface area contributed by atoms with E-state index in [4.69, 9.17) is 9.39 Å². The summed E-state index contributed by atoms with van der Waals surface area (Å²) in [4.78, 5) is 12.2. The number of rotatable bonds is 4. The Morgan fingerprint density at radius 3 is 2.52 bits per heavy atom. The van der Waals surface area contributed by atoms with E-state index in [0.717, 1.165) is 16.7 Å². The van der Waals surface area contributed by atoms with Crippen LogP contribution in [-0.4, -0.2) is 18.1 Å². The Morgan fingerprint density at radius 1 is 1.07 bits per heavy atom. The van der Waals surface area contributed by atoms with Gasteiger partial charge in [-0.1, -0.05) is 54.6 Å². The average Bonchev–Trinajstić information content (AvgIpc) is 3.06. The van der Waals surface area contributed by atoms with Gasteiger partial charge in [0, 0.05) is 0 Å². The number of fused-ring (bicyclic) bond motifs is 1. The highest BCUT2D eigenvalue weighted by Gasteiger charge is 2.30. The van der Waals surface area contributed by atoms with E-state index in [1.807, 2.05) is 54.6 Å². The van der Waals surface area contributed by atoms with Gasteiger partial charge in [0.25, 0.3) is 0 Å². The molecule has 134 valence electrons. The molecule has 4 rings (SSSR count). The van der Waals surface area contributed by atoms with Crippen LogP contribution in [0, 0.1) is 5.82 Å². The molecule has 4 nitrogen and oxygen atoms in total. The summed E-state index contributed by atoms with van der Waals surface area (Å²) in [6, 6.07) is 20.1. The average molecular weight is 362 g/mol. The number of ether oxygens (including phenoxy) is 1. The van der Waals surface area contributed by atoms with Crippen molar-refractivity contribution in [3.63, 3.8) is 0 Å². The zero-order valence-electron chi connectivity index (χ0n) is 14.4. The van der Waals surface area contributed by atoms with E-state index in [0.29, 0.717) is 11.0 Å². The minimum absolute atomic E-state index is 0.0312. The molecule has 1 aliphatic rings.